The fourth-order valence-corrected chi connectivity index (χ4v) is 2.47. The van der Waals surface area contributed by atoms with Gasteiger partial charge in [-0.3, -0.25) is 4.79 Å². The maximum atomic E-state index is 13.2. The first kappa shape index (κ1) is 17.2. The van der Waals surface area contributed by atoms with Crippen LogP contribution in [-0.4, -0.2) is 17.6 Å². The van der Waals surface area contributed by atoms with Gasteiger partial charge in [-0.25, -0.2) is 4.39 Å². The number of hydrogen-bond acceptors (Lipinski definition) is 2. The molecule has 0 bridgehead atoms. The topological polar surface area (TPSA) is 49.3 Å². The van der Waals surface area contributed by atoms with Crippen LogP contribution in [-0.2, 0) is 4.79 Å². The molecular formula is C19H22FNO2. The number of hydrogen-bond donors (Lipinski definition) is 2. The predicted octanol–water partition coefficient (Wildman–Crippen LogP) is 3.56. The van der Waals surface area contributed by atoms with Crippen LogP contribution >= 0.6 is 0 Å². The van der Waals surface area contributed by atoms with E-state index in [1.54, 1.807) is 6.07 Å². The van der Waals surface area contributed by atoms with Crippen LogP contribution in [0.2, 0.25) is 0 Å². The Hall–Kier alpha value is -2.20. The second-order valence-corrected chi connectivity index (χ2v) is 5.73. The first-order valence-corrected chi connectivity index (χ1v) is 7.81. The summed E-state index contributed by atoms with van der Waals surface area (Å²) >= 11 is 0. The van der Waals surface area contributed by atoms with Crippen LogP contribution in [0, 0.1) is 5.82 Å². The Balaban J connectivity index is 1.75. The number of aliphatic hydroxyl groups is 1. The molecular weight excluding hydrogens is 293 g/mol. The van der Waals surface area contributed by atoms with Crippen molar-refractivity contribution in [2.75, 3.05) is 6.54 Å². The van der Waals surface area contributed by atoms with E-state index in [2.05, 4.69) is 5.32 Å². The van der Waals surface area contributed by atoms with E-state index >= 15 is 0 Å². The second kappa shape index (κ2) is 8.44. The molecule has 0 aliphatic heterocycles. The summed E-state index contributed by atoms with van der Waals surface area (Å²) in [5.74, 6) is -0.437. The van der Waals surface area contributed by atoms with Crippen molar-refractivity contribution in [2.45, 2.75) is 31.8 Å². The number of rotatable bonds is 7. The minimum atomic E-state index is -0.586. The third kappa shape index (κ3) is 5.49. The van der Waals surface area contributed by atoms with E-state index in [0.29, 0.717) is 19.4 Å². The standard InChI is InChI=1S/C19H22FNO2/c1-14(16-8-5-9-17(20)13-16)12-19(23)21-11-10-18(22)15-6-3-2-4-7-15/h2-9,13-14,18,22H,10-12H2,1H3,(H,21,23). The minimum Gasteiger partial charge on any atom is -0.388 e. The molecule has 2 aromatic rings. The largest absolute Gasteiger partial charge is 0.388 e. The van der Waals surface area contributed by atoms with Gasteiger partial charge in [0.1, 0.15) is 5.82 Å². The molecule has 0 fully saturated rings. The van der Waals surface area contributed by atoms with Crippen LogP contribution in [0.15, 0.2) is 54.6 Å². The van der Waals surface area contributed by atoms with E-state index in [1.165, 1.54) is 12.1 Å². The third-order valence-corrected chi connectivity index (χ3v) is 3.83. The maximum Gasteiger partial charge on any atom is 0.220 e. The van der Waals surface area contributed by atoms with Crippen LogP contribution in [0.4, 0.5) is 4.39 Å². The molecule has 0 aliphatic rings. The van der Waals surface area contributed by atoms with Crippen molar-refractivity contribution < 1.29 is 14.3 Å². The van der Waals surface area contributed by atoms with Crippen molar-refractivity contribution in [3.05, 3.63) is 71.5 Å². The van der Waals surface area contributed by atoms with Crippen molar-refractivity contribution in [3.63, 3.8) is 0 Å². The van der Waals surface area contributed by atoms with Gasteiger partial charge < -0.3 is 10.4 Å². The average Bonchev–Trinajstić information content (AvgIpc) is 2.55. The van der Waals surface area contributed by atoms with Gasteiger partial charge in [0.25, 0.3) is 0 Å². The quantitative estimate of drug-likeness (QED) is 0.821. The van der Waals surface area contributed by atoms with E-state index in [9.17, 15) is 14.3 Å². The number of carbonyl (C=O) groups is 1. The molecule has 2 aromatic carbocycles. The third-order valence-electron chi connectivity index (χ3n) is 3.83. The molecule has 122 valence electrons. The highest BCUT2D eigenvalue weighted by Crippen LogP contribution is 2.20. The van der Waals surface area contributed by atoms with Crippen LogP contribution in [0.3, 0.4) is 0 Å². The number of aliphatic hydroxyl groups excluding tert-OH is 1. The highest BCUT2D eigenvalue weighted by molar-refractivity contribution is 5.76. The molecule has 2 atom stereocenters. The first-order valence-electron chi connectivity index (χ1n) is 7.81. The summed E-state index contributed by atoms with van der Waals surface area (Å²) in [6.07, 6.45) is 0.173. The summed E-state index contributed by atoms with van der Waals surface area (Å²) in [6, 6.07) is 15.7. The number of nitrogens with one attached hydrogen (secondary N) is 1. The van der Waals surface area contributed by atoms with Crippen molar-refractivity contribution in [1.82, 2.24) is 5.32 Å². The molecule has 0 aliphatic carbocycles. The number of benzene rings is 2. The molecule has 3 nitrogen and oxygen atoms in total. The van der Waals surface area contributed by atoms with Crippen molar-refractivity contribution in [2.24, 2.45) is 0 Å². The van der Waals surface area contributed by atoms with Crippen LogP contribution in [0.25, 0.3) is 0 Å². The lowest BCUT2D eigenvalue weighted by molar-refractivity contribution is -0.121. The number of amides is 1. The Morgan fingerprint density at radius 3 is 2.52 bits per heavy atom. The van der Waals surface area contributed by atoms with Gasteiger partial charge >= 0.3 is 0 Å². The zero-order chi connectivity index (χ0) is 16.7. The smallest absolute Gasteiger partial charge is 0.220 e. The van der Waals surface area contributed by atoms with Crippen LogP contribution in [0.5, 0.6) is 0 Å². The predicted molar refractivity (Wildman–Crippen MR) is 88.5 cm³/mol. The van der Waals surface area contributed by atoms with Crippen LogP contribution < -0.4 is 5.32 Å². The van der Waals surface area contributed by atoms with Gasteiger partial charge in [-0.1, -0.05) is 49.4 Å². The number of carbonyl (C=O) groups excluding carboxylic acids is 1. The molecule has 0 aromatic heterocycles. The Kier molecular flexibility index (Phi) is 6.29. The fourth-order valence-electron chi connectivity index (χ4n) is 2.47. The van der Waals surface area contributed by atoms with Gasteiger partial charge in [0.2, 0.25) is 5.91 Å². The second-order valence-electron chi connectivity index (χ2n) is 5.73. The Bertz CT molecular complexity index is 630. The molecule has 0 saturated carbocycles. The minimum absolute atomic E-state index is 0.0512. The first-order chi connectivity index (χ1) is 11.1. The molecule has 0 saturated heterocycles. The van der Waals surface area contributed by atoms with Gasteiger partial charge in [-0.05, 0) is 35.6 Å². The summed E-state index contributed by atoms with van der Waals surface area (Å²) in [5, 5.41) is 12.8. The molecule has 23 heavy (non-hydrogen) atoms. The summed E-state index contributed by atoms with van der Waals surface area (Å²) in [7, 11) is 0. The molecule has 2 N–H and O–H groups in total. The average molecular weight is 315 g/mol. The van der Waals surface area contributed by atoms with E-state index in [1.807, 2.05) is 43.3 Å². The Morgan fingerprint density at radius 2 is 1.83 bits per heavy atom. The van der Waals surface area contributed by atoms with Crippen molar-refractivity contribution in [3.8, 4) is 0 Å². The van der Waals surface area contributed by atoms with Gasteiger partial charge in [-0.2, -0.15) is 0 Å². The maximum absolute atomic E-state index is 13.2. The summed E-state index contributed by atoms with van der Waals surface area (Å²) in [6.45, 7) is 2.30. The fraction of sp³-hybridized carbons (Fsp3) is 0.316. The zero-order valence-electron chi connectivity index (χ0n) is 13.2. The lowest BCUT2D eigenvalue weighted by Crippen LogP contribution is -2.26. The van der Waals surface area contributed by atoms with Crippen molar-refractivity contribution >= 4 is 5.91 Å². The monoisotopic (exact) mass is 315 g/mol. The van der Waals surface area contributed by atoms with E-state index in [4.69, 9.17) is 0 Å². The van der Waals surface area contributed by atoms with E-state index in [0.717, 1.165) is 11.1 Å². The van der Waals surface area contributed by atoms with E-state index < -0.39 is 6.10 Å². The SMILES string of the molecule is CC(CC(=O)NCCC(O)c1ccccc1)c1cccc(F)c1. The lowest BCUT2D eigenvalue weighted by Gasteiger charge is -2.14. The molecule has 0 heterocycles. The normalized spacial score (nSPS) is 13.3. The Labute approximate surface area is 136 Å². The molecule has 2 unspecified atom stereocenters. The van der Waals surface area contributed by atoms with Gasteiger partial charge in [0, 0.05) is 13.0 Å². The highest BCUT2D eigenvalue weighted by Gasteiger charge is 2.12. The van der Waals surface area contributed by atoms with E-state index in [-0.39, 0.29) is 17.6 Å². The van der Waals surface area contributed by atoms with Gasteiger partial charge in [0.05, 0.1) is 6.10 Å². The molecule has 2 rings (SSSR count). The zero-order valence-corrected chi connectivity index (χ0v) is 13.2. The molecule has 1 amide bonds. The Morgan fingerprint density at radius 1 is 1.13 bits per heavy atom. The van der Waals surface area contributed by atoms with Gasteiger partial charge in [-0.15, -0.1) is 0 Å². The number of halogens is 1. The molecule has 0 radical (unpaired) electrons. The summed E-state index contributed by atoms with van der Waals surface area (Å²) in [5.41, 5.74) is 1.65. The molecule has 0 spiro atoms. The van der Waals surface area contributed by atoms with Gasteiger partial charge in [0.15, 0.2) is 0 Å². The summed E-state index contributed by atoms with van der Waals surface area (Å²) < 4.78 is 13.2. The lowest BCUT2D eigenvalue weighted by atomic mass is 9.97. The van der Waals surface area contributed by atoms with Crippen molar-refractivity contribution in [1.29, 1.82) is 0 Å². The highest BCUT2D eigenvalue weighted by atomic mass is 19.1. The molecule has 4 heteroatoms. The van der Waals surface area contributed by atoms with Crippen LogP contribution in [0.1, 0.15) is 42.9 Å². The summed E-state index contributed by atoms with van der Waals surface area (Å²) in [4.78, 5) is 11.9.